The molecule has 0 atom stereocenters. The maximum Gasteiger partial charge on any atom is 0.309 e. The van der Waals surface area contributed by atoms with Gasteiger partial charge < -0.3 is 15.7 Å². The lowest BCUT2D eigenvalue weighted by atomic mass is 9.81. The lowest BCUT2D eigenvalue weighted by Gasteiger charge is -2.25. The van der Waals surface area contributed by atoms with E-state index in [-0.39, 0.29) is 5.91 Å². The van der Waals surface area contributed by atoms with Gasteiger partial charge >= 0.3 is 5.97 Å². The Morgan fingerprint density at radius 2 is 1.87 bits per heavy atom. The SMILES string of the molecule is Cc1ccc(NCCNC(=O)C23CCC(C(=O)O)(CC2)C3)nc1. The number of fused-ring (bicyclic) bond motifs is 2. The molecule has 1 amide bonds. The van der Waals surface area contributed by atoms with Crippen molar-refractivity contribution in [3.05, 3.63) is 23.9 Å². The summed E-state index contributed by atoms with van der Waals surface area (Å²) >= 11 is 0. The average molecular weight is 317 g/mol. The van der Waals surface area contributed by atoms with Gasteiger partial charge in [-0.05, 0) is 50.7 Å². The number of nitrogens with one attached hydrogen (secondary N) is 2. The van der Waals surface area contributed by atoms with Crippen LogP contribution >= 0.6 is 0 Å². The third-order valence-corrected chi connectivity index (χ3v) is 5.40. The van der Waals surface area contributed by atoms with Gasteiger partial charge in [0.2, 0.25) is 5.91 Å². The van der Waals surface area contributed by atoms with Crippen LogP contribution in [0.2, 0.25) is 0 Å². The first-order valence-corrected chi connectivity index (χ1v) is 8.14. The molecule has 3 N–H and O–H groups in total. The number of anilines is 1. The third-order valence-electron chi connectivity index (χ3n) is 5.40. The Balaban J connectivity index is 1.47. The predicted molar refractivity (Wildman–Crippen MR) is 86.1 cm³/mol. The number of carbonyl (C=O) groups excluding carboxylic acids is 1. The molecule has 124 valence electrons. The molecule has 1 heterocycles. The van der Waals surface area contributed by atoms with Crippen molar-refractivity contribution >= 4 is 17.7 Å². The van der Waals surface area contributed by atoms with Crippen LogP contribution in [0.5, 0.6) is 0 Å². The summed E-state index contributed by atoms with van der Waals surface area (Å²) in [4.78, 5) is 28.2. The zero-order valence-corrected chi connectivity index (χ0v) is 13.4. The highest BCUT2D eigenvalue weighted by Gasteiger charge is 2.61. The molecule has 2 bridgehead atoms. The van der Waals surface area contributed by atoms with E-state index in [0.29, 0.717) is 45.2 Å². The molecule has 6 heteroatoms. The highest BCUT2D eigenvalue weighted by molar-refractivity contribution is 5.87. The van der Waals surface area contributed by atoms with Gasteiger partial charge in [0.25, 0.3) is 0 Å². The molecule has 6 nitrogen and oxygen atoms in total. The van der Waals surface area contributed by atoms with Crippen LogP contribution < -0.4 is 10.6 Å². The molecule has 2 saturated carbocycles. The second-order valence-electron chi connectivity index (χ2n) is 6.95. The van der Waals surface area contributed by atoms with Gasteiger partial charge in [-0.15, -0.1) is 0 Å². The van der Waals surface area contributed by atoms with E-state index in [4.69, 9.17) is 0 Å². The molecule has 0 unspecified atom stereocenters. The Kier molecular flexibility index (Phi) is 4.00. The number of hydrogen-bond acceptors (Lipinski definition) is 4. The standard InChI is InChI=1S/C17H23N3O3/c1-12-2-3-13(20-10-12)18-8-9-19-14(21)16-4-6-17(11-16,7-5-16)15(22)23/h2-3,10H,4-9,11H2,1H3,(H,18,20)(H,19,21)(H,22,23). The highest BCUT2D eigenvalue weighted by Crippen LogP contribution is 2.61. The largest absolute Gasteiger partial charge is 0.481 e. The van der Waals surface area contributed by atoms with Gasteiger partial charge in [-0.1, -0.05) is 6.07 Å². The normalized spacial score (nSPS) is 28.6. The quantitative estimate of drug-likeness (QED) is 0.698. The van der Waals surface area contributed by atoms with Crippen molar-refractivity contribution in [2.75, 3.05) is 18.4 Å². The molecule has 0 spiro atoms. The lowest BCUT2D eigenvalue weighted by Crippen LogP contribution is -2.40. The first kappa shape index (κ1) is 15.8. The molecule has 3 rings (SSSR count). The minimum atomic E-state index is -0.739. The molecule has 0 aliphatic heterocycles. The number of carboxylic acids is 1. The predicted octanol–water partition coefficient (Wildman–Crippen LogP) is 1.95. The summed E-state index contributed by atoms with van der Waals surface area (Å²) in [6.07, 6.45) is 4.93. The molecule has 23 heavy (non-hydrogen) atoms. The summed E-state index contributed by atoms with van der Waals surface area (Å²) in [5, 5.41) is 15.5. The minimum absolute atomic E-state index is 0.0109. The zero-order valence-electron chi connectivity index (χ0n) is 13.4. The first-order valence-electron chi connectivity index (χ1n) is 8.14. The molecule has 0 radical (unpaired) electrons. The first-order chi connectivity index (χ1) is 11.0. The van der Waals surface area contributed by atoms with Crippen molar-refractivity contribution in [3.63, 3.8) is 0 Å². The van der Waals surface area contributed by atoms with E-state index in [1.807, 2.05) is 19.1 Å². The van der Waals surface area contributed by atoms with Crippen LogP contribution in [0.1, 0.15) is 37.7 Å². The maximum absolute atomic E-state index is 12.5. The molecule has 1 aromatic rings. The summed E-state index contributed by atoms with van der Waals surface area (Å²) in [5.41, 5.74) is -0.00521. The van der Waals surface area contributed by atoms with Crippen LogP contribution in [0.4, 0.5) is 5.82 Å². The fraction of sp³-hybridized carbons (Fsp3) is 0.588. The Bertz CT molecular complexity index is 604. The number of carboxylic acid groups (broad SMARTS) is 1. The Hall–Kier alpha value is -2.11. The van der Waals surface area contributed by atoms with Gasteiger partial charge in [0.1, 0.15) is 5.82 Å². The summed E-state index contributed by atoms with van der Waals surface area (Å²) in [5.74, 6) is 0.0585. The van der Waals surface area contributed by atoms with Crippen molar-refractivity contribution < 1.29 is 14.7 Å². The number of hydrogen-bond donors (Lipinski definition) is 3. The van der Waals surface area contributed by atoms with Crippen molar-refractivity contribution in [2.45, 2.75) is 39.0 Å². The third kappa shape index (κ3) is 2.90. The van der Waals surface area contributed by atoms with Gasteiger partial charge in [0.15, 0.2) is 0 Å². The lowest BCUT2D eigenvalue weighted by molar-refractivity contribution is -0.148. The van der Waals surface area contributed by atoms with E-state index in [2.05, 4.69) is 15.6 Å². The fourth-order valence-electron chi connectivity index (χ4n) is 3.93. The number of amides is 1. The molecule has 2 aliphatic carbocycles. The number of rotatable bonds is 6. The van der Waals surface area contributed by atoms with Gasteiger partial charge in [0.05, 0.1) is 10.8 Å². The Labute approximate surface area is 135 Å². The second-order valence-corrected chi connectivity index (χ2v) is 6.95. The number of aryl methyl sites for hydroxylation is 1. The number of carbonyl (C=O) groups is 2. The number of aliphatic carboxylic acids is 1. The average Bonchev–Trinajstić information content (AvgIpc) is 3.12. The number of pyridine rings is 1. The summed E-state index contributed by atoms with van der Waals surface area (Å²) in [6, 6.07) is 3.89. The van der Waals surface area contributed by atoms with E-state index in [0.717, 1.165) is 11.4 Å². The van der Waals surface area contributed by atoms with Crippen LogP contribution in [0.3, 0.4) is 0 Å². The van der Waals surface area contributed by atoms with Crippen LogP contribution in [-0.4, -0.2) is 35.1 Å². The van der Waals surface area contributed by atoms with E-state index in [9.17, 15) is 14.7 Å². The van der Waals surface area contributed by atoms with Gasteiger partial charge in [0, 0.05) is 19.3 Å². The van der Waals surface area contributed by atoms with E-state index < -0.39 is 16.8 Å². The molecule has 2 aliphatic rings. The zero-order chi connectivity index (χ0) is 16.5. The minimum Gasteiger partial charge on any atom is -0.481 e. The van der Waals surface area contributed by atoms with Crippen LogP contribution in [0.15, 0.2) is 18.3 Å². The van der Waals surface area contributed by atoms with Gasteiger partial charge in [-0.2, -0.15) is 0 Å². The van der Waals surface area contributed by atoms with Crippen molar-refractivity contribution in [1.82, 2.24) is 10.3 Å². The maximum atomic E-state index is 12.5. The van der Waals surface area contributed by atoms with Crippen molar-refractivity contribution in [2.24, 2.45) is 10.8 Å². The summed E-state index contributed by atoms with van der Waals surface area (Å²) < 4.78 is 0. The topological polar surface area (TPSA) is 91.3 Å². The second kappa shape index (κ2) is 5.83. The van der Waals surface area contributed by atoms with Crippen LogP contribution in [-0.2, 0) is 9.59 Å². The van der Waals surface area contributed by atoms with E-state index >= 15 is 0 Å². The molecule has 2 fully saturated rings. The molecule has 0 aromatic carbocycles. The van der Waals surface area contributed by atoms with E-state index in [1.54, 1.807) is 6.20 Å². The molecular weight excluding hydrogens is 294 g/mol. The summed E-state index contributed by atoms with van der Waals surface area (Å²) in [6.45, 7) is 3.09. The number of nitrogens with zero attached hydrogens (tertiary/aromatic N) is 1. The number of aromatic nitrogens is 1. The van der Waals surface area contributed by atoms with Crippen molar-refractivity contribution in [1.29, 1.82) is 0 Å². The molecular formula is C17H23N3O3. The Morgan fingerprint density at radius 3 is 2.43 bits per heavy atom. The van der Waals surface area contributed by atoms with Gasteiger partial charge in [-0.25, -0.2) is 4.98 Å². The van der Waals surface area contributed by atoms with Crippen LogP contribution in [0.25, 0.3) is 0 Å². The smallest absolute Gasteiger partial charge is 0.309 e. The molecule has 1 aromatic heterocycles. The highest BCUT2D eigenvalue weighted by atomic mass is 16.4. The van der Waals surface area contributed by atoms with E-state index in [1.165, 1.54) is 0 Å². The van der Waals surface area contributed by atoms with Crippen molar-refractivity contribution in [3.8, 4) is 0 Å². The monoisotopic (exact) mass is 317 g/mol. The fourth-order valence-corrected chi connectivity index (χ4v) is 3.93. The Morgan fingerprint density at radius 1 is 1.17 bits per heavy atom. The molecule has 0 saturated heterocycles. The van der Waals surface area contributed by atoms with Gasteiger partial charge in [-0.3, -0.25) is 9.59 Å². The van der Waals surface area contributed by atoms with Crippen LogP contribution in [0, 0.1) is 17.8 Å². The summed E-state index contributed by atoms with van der Waals surface area (Å²) in [7, 11) is 0.